The summed E-state index contributed by atoms with van der Waals surface area (Å²) in [4.78, 5) is 4.17. The van der Waals surface area contributed by atoms with E-state index in [1.165, 1.54) is 12.1 Å². The zero-order valence-corrected chi connectivity index (χ0v) is 16.6. The van der Waals surface area contributed by atoms with Crippen molar-refractivity contribution < 1.29 is 13.5 Å². The number of aryl methyl sites for hydroxylation is 1. The summed E-state index contributed by atoms with van der Waals surface area (Å²) in [6, 6.07) is 4.56. The van der Waals surface area contributed by atoms with Gasteiger partial charge < -0.3 is 19.8 Å². The van der Waals surface area contributed by atoms with E-state index in [4.69, 9.17) is 9.15 Å². The van der Waals surface area contributed by atoms with Gasteiger partial charge in [0.2, 0.25) is 0 Å². The van der Waals surface area contributed by atoms with E-state index >= 15 is 0 Å². The van der Waals surface area contributed by atoms with E-state index in [1.807, 2.05) is 13.8 Å². The van der Waals surface area contributed by atoms with Gasteiger partial charge in [-0.05, 0) is 38.5 Å². The van der Waals surface area contributed by atoms with Crippen LogP contribution >= 0.6 is 24.0 Å². The van der Waals surface area contributed by atoms with Crippen molar-refractivity contribution in [2.45, 2.75) is 26.8 Å². The highest BCUT2D eigenvalue weighted by molar-refractivity contribution is 14.0. The average Bonchev–Trinajstić information content (AvgIpc) is 2.86. The minimum atomic E-state index is -0.257. The Labute approximate surface area is 159 Å². The number of fused-ring (bicyclic) bond motifs is 1. The van der Waals surface area contributed by atoms with Crippen molar-refractivity contribution in [2.75, 3.05) is 26.8 Å². The molecule has 7 heteroatoms. The predicted molar refractivity (Wildman–Crippen MR) is 106 cm³/mol. The quantitative estimate of drug-likeness (QED) is 0.294. The topological polar surface area (TPSA) is 58.8 Å². The highest BCUT2D eigenvalue weighted by Gasteiger charge is 2.11. The summed E-state index contributed by atoms with van der Waals surface area (Å²) in [7, 11) is 1.72. The smallest absolute Gasteiger partial charge is 0.191 e. The fourth-order valence-corrected chi connectivity index (χ4v) is 2.32. The zero-order chi connectivity index (χ0) is 16.7. The van der Waals surface area contributed by atoms with Crippen molar-refractivity contribution in [2.24, 2.45) is 4.99 Å². The second-order valence-corrected chi connectivity index (χ2v) is 5.19. The molecule has 2 rings (SSSR count). The lowest BCUT2D eigenvalue weighted by Gasteiger charge is -2.11. The standard InChI is InChI=1S/C17H24FN3O2.HI/c1-4-22-9-5-8-20-17(19-3)21-11-16-12(2)14-10-13(18)6-7-15(14)23-16;/h6-7,10H,4-5,8-9,11H2,1-3H3,(H2,19,20,21);1H. The number of rotatable bonds is 7. The number of benzene rings is 1. The predicted octanol–water partition coefficient (Wildman–Crippen LogP) is 3.59. The molecule has 0 aliphatic heterocycles. The second kappa shape index (κ2) is 10.5. The SMILES string of the molecule is CCOCCCNC(=NC)NCc1oc2ccc(F)cc2c1C.I. The first-order chi connectivity index (χ1) is 11.2. The minimum Gasteiger partial charge on any atom is -0.459 e. The molecule has 0 unspecified atom stereocenters. The van der Waals surface area contributed by atoms with Crippen LogP contribution in [0.15, 0.2) is 27.6 Å². The lowest BCUT2D eigenvalue weighted by Crippen LogP contribution is -2.37. The van der Waals surface area contributed by atoms with Crippen molar-refractivity contribution in [3.63, 3.8) is 0 Å². The zero-order valence-electron chi connectivity index (χ0n) is 14.3. The number of hydrogen-bond acceptors (Lipinski definition) is 3. The maximum Gasteiger partial charge on any atom is 0.191 e. The van der Waals surface area contributed by atoms with E-state index in [9.17, 15) is 4.39 Å². The summed E-state index contributed by atoms with van der Waals surface area (Å²) in [5, 5.41) is 7.23. The Morgan fingerprint density at radius 1 is 1.33 bits per heavy atom. The normalized spacial score (nSPS) is 11.4. The average molecular weight is 449 g/mol. The number of hydrogen-bond donors (Lipinski definition) is 2. The summed E-state index contributed by atoms with van der Waals surface area (Å²) in [5.41, 5.74) is 1.64. The molecular weight excluding hydrogens is 424 g/mol. The van der Waals surface area contributed by atoms with Crippen LogP contribution in [0.3, 0.4) is 0 Å². The van der Waals surface area contributed by atoms with Crippen LogP contribution in [-0.4, -0.2) is 32.8 Å². The molecule has 0 atom stereocenters. The molecule has 0 spiro atoms. The van der Waals surface area contributed by atoms with Gasteiger partial charge in [0, 0.05) is 37.8 Å². The van der Waals surface area contributed by atoms with E-state index in [0.717, 1.165) is 42.9 Å². The Morgan fingerprint density at radius 3 is 2.83 bits per heavy atom. The molecule has 24 heavy (non-hydrogen) atoms. The number of ether oxygens (including phenoxy) is 1. The molecular formula is C17H25FIN3O2. The van der Waals surface area contributed by atoms with Crippen LogP contribution < -0.4 is 10.6 Å². The maximum absolute atomic E-state index is 13.3. The third-order valence-electron chi connectivity index (χ3n) is 3.60. The molecule has 0 saturated carbocycles. The molecule has 1 aromatic carbocycles. The second-order valence-electron chi connectivity index (χ2n) is 5.19. The maximum atomic E-state index is 13.3. The first-order valence-corrected chi connectivity index (χ1v) is 7.85. The van der Waals surface area contributed by atoms with E-state index in [2.05, 4.69) is 15.6 Å². The lowest BCUT2D eigenvalue weighted by atomic mass is 10.1. The summed E-state index contributed by atoms with van der Waals surface area (Å²) >= 11 is 0. The Morgan fingerprint density at radius 2 is 2.12 bits per heavy atom. The number of halogens is 2. The van der Waals surface area contributed by atoms with Crippen LogP contribution in [0.5, 0.6) is 0 Å². The van der Waals surface area contributed by atoms with Gasteiger partial charge >= 0.3 is 0 Å². The van der Waals surface area contributed by atoms with Crippen LogP contribution in [0.2, 0.25) is 0 Å². The van der Waals surface area contributed by atoms with Gasteiger partial charge in [-0.3, -0.25) is 4.99 Å². The van der Waals surface area contributed by atoms with Crippen molar-refractivity contribution in [1.82, 2.24) is 10.6 Å². The third kappa shape index (κ3) is 5.62. The van der Waals surface area contributed by atoms with Crippen LogP contribution in [0.4, 0.5) is 4.39 Å². The molecule has 0 radical (unpaired) electrons. The van der Waals surface area contributed by atoms with E-state index in [1.54, 1.807) is 13.1 Å². The summed E-state index contributed by atoms with van der Waals surface area (Å²) in [6.45, 7) is 6.65. The van der Waals surface area contributed by atoms with Crippen molar-refractivity contribution in [3.8, 4) is 0 Å². The Bertz CT molecular complexity index is 673. The van der Waals surface area contributed by atoms with Crippen LogP contribution in [0, 0.1) is 12.7 Å². The fourth-order valence-electron chi connectivity index (χ4n) is 2.32. The Kier molecular flexibility index (Phi) is 9.05. The molecule has 0 bridgehead atoms. The molecule has 0 amide bonds. The van der Waals surface area contributed by atoms with Crippen molar-refractivity contribution in [1.29, 1.82) is 0 Å². The van der Waals surface area contributed by atoms with Gasteiger partial charge in [0.1, 0.15) is 17.2 Å². The molecule has 1 aromatic heterocycles. The van der Waals surface area contributed by atoms with Gasteiger partial charge in [-0.1, -0.05) is 0 Å². The van der Waals surface area contributed by atoms with Crippen LogP contribution in [0.25, 0.3) is 11.0 Å². The van der Waals surface area contributed by atoms with E-state index in [0.29, 0.717) is 18.1 Å². The highest BCUT2D eigenvalue weighted by Crippen LogP contribution is 2.25. The van der Waals surface area contributed by atoms with Crippen LogP contribution in [0.1, 0.15) is 24.7 Å². The number of furan rings is 1. The van der Waals surface area contributed by atoms with Gasteiger partial charge in [-0.2, -0.15) is 0 Å². The highest BCUT2D eigenvalue weighted by atomic mass is 127. The summed E-state index contributed by atoms with van der Waals surface area (Å²) < 4.78 is 24.4. The number of nitrogens with one attached hydrogen (secondary N) is 2. The summed E-state index contributed by atoms with van der Waals surface area (Å²) in [6.07, 6.45) is 0.914. The Hall–Kier alpha value is -1.35. The van der Waals surface area contributed by atoms with Crippen LogP contribution in [-0.2, 0) is 11.3 Å². The van der Waals surface area contributed by atoms with Gasteiger partial charge in [-0.25, -0.2) is 4.39 Å². The first-order valence-electron chi connectivity index (χ1n) is 7.85. The molecule has 134 valence electrons. The summed E-state index contributed by atoms with van der Waals surface area (Å²) in [5.74, 6) is 1.23. The van der Waals surface area contributed by atoms with Gasteiger partial charge in [0.05, 0.1) is 6.54 Å². The van der Waals surface area contributed by atoms with Crippen molar-refractivity contribution in [3.05, 3.63) is 35.3 Å². The monoisotopic (exact) mass is 449 g/mol. The number of guanidine groups is 1. The van der Waals surface area contributed by atoms with Gasteiger partial charge in [-0.15, -0.1) is 24.0 Å². The number of nitrogens with zero attached hydrogens (tertiary/aromatic N) is 1. The van der Waals surface area contributed by atoms with Gasteiger partial charge in [0.15, 0.2) is 5.96 Å². The molecule has 0 fully saturated rings. The van der Waals surface area contributed by atoms with Crippen molar-refractivity contribution >= 4 is 40.9 Å². The Balaban J connectivity index is 0.00000288. The van der Waals surface area contributed by atoms with E-state index in [-0.39, 0.29) is 29.8 Å². The molecule has 0 saturated heterocycles. The first kappa shape index (κ1) is 20.7. The molecule has 2 N–H and O–H groups in total. The molecule has 1 heterocycles. The molecule has 2 aromatic rings. The third-order valence-corrected chi connectivity index (χ3v) is 3.60. The fraction of sp³-hybridized carbons (Fsp3) is 0.471. The molecule has 5 nitrogen and oxygen atoms in total. The van der Waals surface area contributed by atoms with Gasteiger partial charge in [0.25, 0.3) is 0 Å². The van der Waals surface area contributed by atoms with E-state index < -0.39 is 0 Å². The lowest BCUT2D eigenvalue weighted by molar-refractivity contribution is 0.145. The number of aliphatic imine (C=N–C) groups is 1. The molecule has 0 aliphatic carbocycles. The largest absolute Gasteiger partial charge is 0.459 e. The molecule has 0 aliphatic rings. The minimum absolute atomic E-state index is 0.